The van der Waals surface area contributed by atoms with Crippen LogP contribution in [0.1, 0.15) is 38.5 Å². The molecule has 4 N–H and O–H groups in total. The molecule has 1 saturated carbocycles. The summed E-state index contributed by atoms with van der Waals surface area (Å²) in [6, 6.07) is 0. The zero-order valence-corrected chi connectivity index (χ0v) is 11.8. The summed E-state index contributed by atoms with van der Waals surface area (Å²) >= 11 is 0. The molecule has 1 rings (SSSR count). The van der Waals surface area contributed by atoms with Gasteiger partial charge in [0.15, 0.2) is 0 Å². The average molecular weight is 425 g/mol. The first-order valence-corrected chi connectivity index (χ1v) is 4.73. The summed E-state index contributed by atoms with van der Waals surface area (Å²) in [6.45, 7) is 0. The fourth-order valence-corrected chi connectivity index (χ4v) is 1.20. The number of carbonyl (C=O) groups excluding carboxylic acids is 2. The molecule has 1 aliphatic rings. The number of hydrogen-bond acceptors (Lipinski definition) is 4. The molecule has 0 aliphatic heterocycles. The SMILES string of the molecule is C1CCCCC1.O=C([O-])/C=C/C(=O)[O-].[NH2-].[NH2-].[Pt+4]. The molecule has 0 aromatic carbocycles. The third kappa shape index (κ3) is 25.5. The van der Waals surface area contributed by atoms with Crippen LogP contribution < -0.4 is 10.2 Å². The van der Waals surface area contributed by atoms with E-state index in [1.807, 2.05) is 0 Å². The molecule has 102 valence electrons. The van der Waals surface area contributed by atoms with Crippen LogP contribution in [-0.4, -0.2) is 11.9 Å². The molecule has 0 saturated heterocycles. The van der Waals surface area contributed by atoms with E-state index in [4.69, 9.17) is 0 Å². The van der Waals surface area contributed by atoms with Gasteiger partial charge in [0.2, 0.25) is 0 Å². The number of carbonyl (C=O) groups is 2. The van der Waals surface area contributed by atoms with Gasteiger partial charge in [-0.15, -0.1) is 0 Å². The summed E-state index contributed by atoms with van der Waals surface area (Å²) in [5.74, 6) is -3.09. The van der Waals surface area contributed by atoms with Crippen molar-refractivity contribution < 1.29 is 40.9 Å². The summed E-state index contributed by atoms with van der Waals surface area (Å²) in [6.07, 6.45) is 9.77. The van der Waals surface area contributed by atoms with Crippen LogP contribution in [0.2, 0.25) is 0 Å². The van der Waals surface area contributed by atoms with Gasteiger partial charge in [0.25, 0.3) is 0 Å². The summed E-state index contributed by atoms with van der Waals surface area (Å²) in [4.78, 5) is 18.8. The van der Waals surface area contributed by atoms with Gasteiger partial charge in [0.1, 0.15) is 0 Å². The predicted molar refractivity (Wildman–Crippen MR) is 57.4 cm³/mol. The maximum atomic E-state index is 9.41. The predicted octanol–water partition coefficient (Wildman–Crippen LogP) is 0.815. The minimum atomic E-state index is -1.55. The number of aliphatic carboxylic acids is 2. The van der Waals surface area contributed by atoms with E-state index in [0.29, 0.717) is 12.2 Å². The van der Waals surface area contributed by atoms with Gasteiger partial charge in [-0.3, -0.25) is 0 Å². The largest absolute Gasteiger partial charge is 4.00 e. The standard InChI is InChI=1S/C6H12.C4H4O4.2H2N.Pt/c1-2-4-6-5-3-1;5-3(6)1-2-4(7)8;;;/h1-6H2;1-2H,(H,5,6)(H,7,8);2*1H2;/q;;2*-1;+4/p-2/b;2-1+;;;. The van der Waals surface area contributed by atoms with Gasteiger partial charge >= 0.3 is 21.1 Å². The van der Waals surface area contributed by atoms with Crippen molar-refractivity contribution >= 4 is 11.9 Å². The van der Waals surface area contributed by atoms with E-state index < -0.39 is 11.9 Å². The molecule has 0 bridgehead atoms. The molecule has 1 fully saturated rings. The first kappa shape index (κ1) is 25.2. The maximum Gasteiger partial charge on any atom is 4.00 e. The van der Waals surface area contributed by atoms with Crippen LogP contribution in [0.5, 0.6) is 0 Å². The minimum Gasteiger partial charge on any atom is -0.693 e. The van der Waals surface area contributed by atoms with Crippen molar-refractivity contribution in [2.75, 3.05) is 0 Å². The van der Waals surface area contributed by atoms with Crippen molar-refractivity contribution in [1.82, 2.24) is 0 Å². The summed E-state index contributed by atoms with van der Waals surface area (Å²) in [5, 5.41) is 18.8. The second kappa shape index (κ2) is 17.7. The Bertz CT molecular complexity index is 191. The fourth-order valence-electron chi connectivity index (χ4n) is 1.20. The molecule has 0 heterocycles. The zero-order valence-electron chi connectivity index (χ0n) is 9.50. The Morgan fingerprint density at radius 2 is 0.882 bits per heavy atom. The van der Waals surface area contributed by atoms with Crippen molar-refractivity contribution in [3.8, 4) is 0 Å². The molecule has 0 unspecified atom stereocenters. The second-order valence-electron chi connectivity index (χ2n) is 3.09. The molecule has 6 nitrogen and oxygen atoms in total. The van der Waals surface area contributed by atoms with E-state index >= 15 is 0 Å². The Labute approximate surface area is 116 Å². The van der Waals surface area contributed by atoms with E-state index in [9.17, 15) is 19.8 Å². The van der Waals surface area contributed by atoms with E-state index in [-0.39, 0.29) is 33.4 Å². The van der Waals surface area contributed by atoms with Gasteiger partial charge in [0.05, 0.1) is 11.9 Å². The van der Waals surface area contributed by atoms with Crippen molar-refractivity contribution in [3.05, 3.63) is 24.5 Å². The molecule has 0 aromatic heterocycles. The quantitative estimate of drug-likeness (QED) is 0.602. The molecule has 0 atom stereocenters. The Hall–Kier alpha value is -0.712. The number of hydrogen-bond donors (Lipinski definition) is 0. The zero-order chi connectivity index (χ0) is 10.8. The van der Waals surface area contributed by atoms with Crippen LogP contribution in [0.25, 0.3) is 12.3 Å². The van der Waals surface area contributed by atoms with Crippen LogP contribution in [-0.2, 0) is 30.7 Å². The van der Waals surface area contributed by atoms with Crippen LogP contribution >= 0.6 is 0 Å². The third-order valence-corrected chi connectivity index (χ3v) is 1.86. The first-order chi connectivity index (χ1) is 6.63. The summed E-state index contributed by atoms with van der Waals surface area (Å²) < 4.78 is 0. The summed E-state index contributed by atoms with van der Waals surface area (Å²) in [7, 11) is 0. The number of carboxylic acid groups (broad SMARTS) is 2. The molecule has 0 spiro atoms. The Morgan fingerprint density at radius 1 is 0.706 bits per heavy atom. The molecule has 0 amide bonds. The van der Waals surface area contributed by atoms with E-state index in [2.05, 4.69) is 0 Å². The van der Waals surface area contributed by atoms with Crippen LogP contribution in [0.4, 0.5) is 0 Å². The molecule has 0 radical (unpaired) electrons. The van der Waals surface area contributed by atoms with Gasteiger partial charge in [-0.2, -0.15) is 0 Å². The van der Waals surface area contributed by atoms with Crippen LogP contribution in [0, 0.1) is 0 Å². The van der Waals surface area contributed by atoms with E-state index in [1.165, 1.54) is 38.5 Å². The topological polar surface area (TPSA) is 147 Å². The van der Waals surface area contributed by atoms with Gasteiger partial charge < -0.3 is 32.1 Å². The van der Waals surface area contributed by atoms with Gasteiger partial charge in [-0.1, -0.05) is 38.5 Å². The van der Waals surface area contributed by atoms with Gasteiger partial charge in [0, 0.05) is 0 Å². The Kier molecular flexibility index (Phi) is 26.2. The molecular formula is C10H18N2O4Pt. The summed E-state index contributed by atoms with van der Waals surface area (Å²) in [5.41, 5.74) is 0. The monoisotopic (exact) mass is 425 g/mol. The average Bonchev–Trinajstić information content (AvgIpc) is 2.18. The number of carboxylic acids is 2. The normalized spacial score (nSPS) is 12.9. The van der Waals surface area contributed by atoms with Gasteiger partial charge in [-0.05, 0) is 12.2 Å². The molecule has 0 aromatic rings. The Balaban J connectivity index is -0.0000000860. The Morgan fingerprint density at radius 3 is 1.00 bits per heavy atom. The smallest absolute Gasteiger partial charge is 0.693 e. The molecular weight excluding hydrogens is 407 g/mol. The van der Waals surface area contributed by atoms with E-state index in [1.54, 1.807) is 0 Å². The van der Waals surface area contributed by atoms with Crippen LogP contribution in [0.15, 0.2) is 12.2 Å². The van der Waals surface area contributed by atoms with Gasteiger partial charge in [-0.25, -0.2) is 0 Å². The van der Waals surface area contributed by atoms with E-state index in [0.717, 1.165) is 0 Å². The van der Waals surface area contributed by atoms with Crippen LogP contribution in [0.3, 0.4) is 0 Å². The fraction of sp³-hybridized carbons (Fsp3) is 0.600. The second-order valence-corrected chi connectivity index (χ2v) is 3.09. The van der Waals surface area contributed by atoms with Crippen molar-refractivity contribution in [3.63, 3.8) is 0 Å². The first-order valence-electron chi connectivity index (χ1n) is 4.73. The molecule has 1 aliphatic carbocycles. The van der Waals surface area contributed by atoms with Crippen molar-refractivity contribution in [1.29, 1.82) is 0 Å². The molecule has 17 heavy (non-hydrogen) atoms. The maximum absolute atomic E-state index is 9.41. The minimum absolute atomic E-state index is 0. The van der Waals surface area contributed by atoms with Crippen molar-refractivity contribution in [2.45, 2.75) is 38.5 Å². The molecule has 7 heteroatoms. The third-order valence-electron chi connectivity index (χ3n) is 1.86. The number of nitrogens with two attached hydrogens (primary N) is 2. The van der Waals surface area contributed by atoms with Crippen molar-refractivity contribution in [2.24, 2.45) is 0 Å². The number of rotatable bonds is 2.